The van der Waals surface area contributed by atoms with Gasteiger partial charge in [-0.05, 0) is 18.1 Å². The van der Waals surface area contributed by atoms with Crippen molar-refractivity contribution in [3.05, 3.63) is 42.0 Å². The number of ketones is 1. The number of ether oxygens (including phenoxy) is 1. The van der Waals surface area contributed by atoms with Gasteiger partial charge in [-0.2, -0.15) is 5.10 Å². The van der Waals surface area contributed by atoms with Gasteiger partial charge in [0, 0.05) is 6.54 Å². The van der Waals surface area contributed by atoms with Crippen LogP contribution in [-0.4, -0.2) is 27.7 Å². The maximum atomic E-state index is 12.4. The van der Waals surface area contributed by atoms with E-state index >= 15 is 0 Å². The van der Waals surface area contributed by atoms with Crippen molar-refractivity contribution in [1.82, 2.24) is 14.8 Å². The Balaban J connectivity index is 2.18. The van der Waals surface area contributed by atoms with Gasteiger partial charge in [-0.25, -0.2) is 9.67 Å². The van der Waals surface area contributed by atoms with E-state index in [2.05, 4.69) is 23.9 Å². The molecule has 0 aliphatic rings. The van der Waals surface area contributed by atoms with Gasteiger partial charge < -0.3 is 4.74 Å². The van der Waals surface area contributed by atoms with Crippen molar-refractivity contribution in [1.29, 1.82) is 0 Å². The molecule has 0 saturated heterocycles. The maximum absolute atomic E-state index is 12.4. The third-order valence-corrected chi connectivity index (χ3v) is 2.96. The highest BCUT2D eigenvalue weighted by Gasteiger charge is 2.16. The largest absolute Gasteiger partial charge is 0.496 e. The summed E-state index contributed by atoms with van der Waals surface area (Å²) >= 11 is 0. The first-order valence-corrected chi connectivity index (χ1v) is 6.64. The van der Waals surface area contributed by atoms with Gasteiger partial charge >= 0.3 is 0 Å². The molecule has 0 aliphatic heterocycles. The molecule has 1 aromatic carbocycles. The van der Waals surface area contributed by atoms with Crippen LogP contribution in [0.25, 0.3) is 0 Å². The second kappa shape index (κ2) is 6.32. The predicted octanol–water partition coefficient (Wildman–Crippen LogP) is 2.37. The lowest BCUT2D eigenvalue weighted by Gasteiger charge is -2.09. The fraction of sp³-hybridized carbons (Fsp3) is 0.400. The van der Waals surface area contributed by atoms with Gasteiger partial charge in [0.1, 0.15) is 17.9 Å². The summed E-state index contributed by atoms with van der Waals surface area (Å²) in [4.78, 5) is 16.5. The highest BCUT2D eigenvalue weighted by molar-refractivity contribution is 5.99. The van der Waals surface area contributed by atoms with E-state index < -0.39 is 0 Å². The van der Waals surface area contributed by atoms with Gasteiger partial charge in [0.15, 0.2) is 5.78 Å². The molecule has 5 nitrogen and oxygen atoms in total. The average Bonchev–Trinajstić information content (AvgIpc) is 2.85. The number of hydrogen-bond acceptors (Lipinski definition) is 4. The Morgan fingerprint density at radius 2 is 2.10 bits per heavy atom. The zero-order valence-corrected chi connectivity index (χ0v) is 12.0. The highest BCUT2D eigenvalue weighted by atomic mass is 16.5. The van der Waals surface area contributed by atoms with Gasteiger partial charge in [0.2, 0.25) is 0 Å². The summed E-state index contributed by atoms with van der Waals surface area (Å²) in [5.41, 5.74) is 0.578. The normalized spacial score (nSPS) is 10.8. The number of carbonyl (C=O) groups excluding carboxylic acids is 1. The maximum Gasteiger partial charge on any atom is 0.174 e. The molecule has 0 radical (unpaired) electrons. The molecule has 1 heterocycles. The van der Waals surface area contributed by atoms with Crippen LogP contribution in [0, 0.1) is 5.92 Å². The number of nitrogens with zero attached hydrogens (tertiary/aromatic N) is 3. The fourth-order valence-electron chi connectivity index (χ4n) is 2.04. The monoisotopic (exact) mass is 273 g/mol. The van der Waals surface area contributed by atoms with Gasteiger partial charge in [0.25, 0.3) is 0 Å². The van der Waals surface area contributed by atoms with Crippen molar-refractivity contribution in [2.45, 2.75) is 26.8 Å². The van der Waals surface area contributed by atoms with Crippen LogP contribution in [0.4, 0.5) is 0 Å². The van der Waals surface area contributed by atoms with Gasteiger partial charge in [0.05, 0.1) is 19.1 Å². The molecule has 0 amide bonds. The number of para-hydroxylation sites is 1. The minimum absolute atomic E-state index is 0.0135. The van der Waals surface area contributed by atoms with Gasteiger partial charge in [-0.1, -0.05) is 26.0 Å². The van der Waals surface area contributed by atoms with Gasteiger partial charge in [-0.15, -0.1) is 0 Å². The summed E-state index contributed by atoms with van der Waals surface area (Å²) in [5.74, 6) is 1.72. The Labute approximate surface area is 118 Å². The molecule has 0 atom stereocenters. The van der Waals surface area contributed by atoms with Crippen LogP contribution >= 0.6 is 0 Å². The summed E-state index contributed by atoms with van der Waals surface area (Å²) in [6.07, 6.45) is 1.72. The van der Waals surface area contributed by atoms with E-state index in [0.717, 1.165) is 6.54 Å². The minimum Gasteiger partial charge on any atom is -0.496 e. The molecule has 2 rings (SSSR count). The SMILES string of the molecule is COc1ccccc1C(=O)Cc1ncnn1CC(C)C. The minimum atomic E-state index is -0.0135. The molecule has 1 aromatic heterocycles. The number of rotatable bonds is 6. The smallest absolute Gasteiger partial charge is 0.174 e. The molecule has 20 heavy (non-hydrogen) atoms. The molecular weight excluding hydrogens is 254 g/mol. The van der Waals surface area contributed by atoms with Crippen molar-refractivity contribution in [2.75, 3.05) is 7.11 Å². The Morgan fingerprint density at radius 1 is 1.35 bits per heavy atom. The lowest BCUT2D eigenvalue weighted by molar-refractivity contribution is 0.0986. The van der Waals surface area contributed by atoms with Crippen LogP contribution in [0.1, 0.15) is 30.0 Å². The van der Waals surface area contributed by atoms with E-state index in [1.54, 1.807) is 23.9 Å². The topological polar surface area (TPSA) is 57.0 Å². The third-order valence-electron chi connectivity index (χ3n) is 2.96. The zero-order chi connectivity index (χ0) is 14.5. The van der Waals surface area contributed by atoms with Crippen molar-refractivity contribution < 1.29 is 9.53 Å². The van der Waals surface area contributed by atoms with Crippen LogP contribution in [0.15, 0.2) is 30.6 Å². The summed E-state index contributed by atoms with van der Waals surface area (Å²) in [6, 6.07) is 7.22. The number of benzene rings is 1. The molecular formula is C15H19N3O2. The Bertz CT molecular complexity index is 590. The lowest BCUT2D eigenvalue weighted by Crippen LogP contribution is -2.14. The van der Waals surface area contributed by atoms with Gasteiger partial charge in [-0.3, -0.25) is 4.79 Å². The predicted molar refractivity (Wildman–Crippen MR) is 75.9 cm³/mol. The average molecular weight is 273 g/mol. The Kier molecular flexibility index (Phi) is 4.50. The summed E-state index contributed by atoms with van der Waals surface area (Å²) in [5, 5.41) is 4.17. The molecule has 0 bridgehead atoms. The number of carbonyl (C=O) groups is 1. The van der Waals surface area contributed by atoms with E-state index in [9.17, 15) is 4.79 Å². The number of Topliss-reactive ketones (excluding diaryl/α,β-unsaturated/α-hetero) is 1. The Morgan fingerprint density at radius 3 is 2.80 bits per heavy atom. The lowest BCUT2D eigenvalue weighted by atomic mass is 10.1. The molecule has 0 unspecified atom stereocenters. The summed E-state index contributed by atoms with van der Waals surface area (Å²) < 4.78 is 7.01. The first-order valence-electron chi connectivity index (χ1n) is 6.64. The highest BCUT2D eigenvalue weighted by Crippen LogP contribution is 2.19. The summed E-state index contributed by atoms with van der Waals surface area (Å²) in [7, 11) is 1.56. The molecule has 5 heteroatoms. The second-order valence-electron chi connectivity index (χ2n) is 5.05. The van der Waals surface area contributed by atoms with E-state index in [0.29, 0.717) is 23.1 Å². The van der Waals surface area contributed by atoms with E-state index in [4.69, 9.17) is 4.74 Å². The fourth-order valence-corrected chi connectivity index (χ4v) is 2.04. The first-order chi connectivity index (χ1) is 9.61. The van der Waals surface area contributed by atoms with E-state index in [-0.39, 0.29) is 12.2 Å². The molecule has 0 N–H and O–H groups in total. The second-order valence-corrected chi connectivity index (χ2v) is 5.05. The number of hydrogen-bond donors (Lipinski definition) is 0. The van der Waals surface area contributed by atoms with Crippen LogP contribution in [0.2, 0.25) is 0 Å². The third kappa shape index (κ3) is 3.23. The van der Waals surface area contributed by atoms with Crippen molar-refractivity contribution in [2.24, 2.45) is 5.92 Å². The molecule has 0 fully saturated rings. The standard InChI is InChI=1S/C15H19N3O2/c1-11(2)9-18-15(16-10-17-18)8-13(19)12-6-4-5-7-14(12)20-3/h4-7,10-11H,8-9H2,1-3H3. The molecule has 0 spiro atoms. The van der Waals surface area contributed by atoms with Crippen molar-refractivity contribution >= 4 is 5.78 Å². The first kappa shape index (κ1) is 14.2. The molecule has 2 aromatic rings. The number of methoxy groups -OCH3 is 1. The molecule has 0 aliphatic carbocycles. The zero-order valence-electron chi connectivity index (χ0n) is 12.0. The van der Waals surface area contributed by atoms with E-state index in [1.807, 2.05) is 12.1 Å². The van der Waals surface area contributed by atoms with Crippen LogP contribution in [-0.2, 0) is 13.0 Å². The number of aromatic nitrogens is 3. The van der Waals surface area contributed by atoms with Crippen LogP contribution in [0.3, 0.4) is 0 Å². The van der Waals surface area contributed by atoms with Crippen molar-refractivity contribution in [3.8, 4) is 5.75 Å². The van der Waals surface area contributed by atoms with Crippen molar-refractivity contribution in [3.63, 3.8) is 0 Å². The molecule has 0 saturated carbocycles. The summed E-state index contributed by atoms with van der Waals surface area (Å²) in [6.45, 7) is 4.97. The Hall–Kier alpha value is -2.17. The van der Waals surface area contributed by atoms with Crippen LogP contribution < -0.4 is 4.74 Å². The molecule has 106 valence electrons. The van der Waals surface area contributed by atoms with E-state index in [1.165, 1.54) is 6.33 Å². The quantitative estimate of drug-likeness (QED) is 0.758. The van der Waals surface area contributed by atoms with Crippen LogP contribution in [0.5, 0.6) is 5.75 Å².